The number of hydrogen-bond donors (Lipinski definition) is 3. The van der Waals surface area contributed by atoms with Crippen molar-refractivity contribution in [3.05, 3.63) is 35.4 Å². The predicted molar refractivity (Wildman–Crippen MR) is 70.2 cm³/mol. The van der Waals surface area contributed by atoms with Crippen molar-refractivity contribution in [1.29, 1.82) is 0 Å². The molecule has 1 amide bonds. The highest BCUT2D eigenvalue weighted by Gasteiger charge is 2.21. The lowest BCUT2D eigenvalue weighted by molar-refractivity contribution is -0.120. The van der Waals surface area contributed by atoms with Crippen LogP contribution in [0.2, 0.25) is 0 Å². The van der Waals surface area contributed by atoms with E-state index in [1.807, 2.05) is 31.2 Å². The zero-order valence-electron chi connectivity index (χ0n) is 10.6. The Morgan fingerprint density at radius 1 is 1.39 bits per heavy atom. The molecule has 1 atom stereocenters. The van der Waals surface area contributed by atoms with Crippen LogP contribution in [-0.2, 0) is 4.79 Å². The minimum Gasteiger partial charge on any atom is -0.387 e. The van der Waals surface area contributed by atoms with Crippen LogP contribution in [0.1, 0.15) is 30.1 Å². The van der Waals surface area contributed by atoms with Crippen molar-refractivity contribution < 1.29 is 9.90 Å². The van der Waals surface area contributed by atoms with Crippen LogP contribution in [0.25, 0.3) is 0 Å². The van der Waals surface area contributed by atoms with Gasteiger partial charge in [-0.1, -0.05) is 29.8 Å². The van der Waals surface area contributed by atoms with Crippen LogP contribution >= 0.6 is 0 Å². The van der Waals surface area contributed by atoms with Gasteiger partial charge in [-0.25, -0.2) is 0 Å². The fraction of sp³-hybridized carbons (Fsp3) is 0.500. The monoisotopic (exact) mass is 248 g/mol. The molecule has 0 bridgehead atoms. The van der Waals surface area contributed by atoms with Gasteiger partial charge in [0, 0.05) is 12.6 Å². The molecular weight excluding hydrogens is 228 g/mol. The smallest absolute Gasteiger partial charge is 0.234 e. The van der Waals surface area contributed by atoms with E-state index in [1.165, 1.54) is 12.8 Å². The zero-order chi connectivity index (χ0) is 13.0. The molecule has 0 spiro atoms. The Morgan fingerprint density at radius 2 is 2.06 bits per heavy atom. The molecule has 98 valence electrons. The molecule has 0 saturated heterocycles. The van der Waals surface area contributed by atoms with Gasteiger partial charge in [-0.15, -0.1) is 0 Å². The summed E-state index contributed by atoms with van der Waals surface area (Å²) >= 11 is 0. The number of aliphatic hydroxyl groups excluding tert-OH is 1. The molecule has 2 rings (SSSR count). The van der Waals surface area contributed by atoms with Crippen LogP contribution in [0.15, 0.2) is 24.3 Å². The summed E-state index contributed by atoms with van der Waals surface area (Å²) in [6, 6.07) is 8.20. The second kappa shape index (κ2) is 5.98. The molecule has 0 radical (unpaired) electrons. The minimum absolute atomic E-state index is 0.0620. The van der Waals surface area contributed by atoms with Crippen LogP contribution in [-0.4, -0.2) is 30.1 Å². The standard InChI is InChI=1S/C14H20N2O2/c1-10-2-4-11(5-3-10)13(17)8-16-14(18)9-15-12-6-7-12/h2-5,12-13,15,17H,6-9H2,1H3,(H,16,18). The van der Waals surface area contributed by atoms with E-state index in [1.54, 1.807) is 0 Å². The number of rotatable bonds is 6. The Morgan fingerprint density at radius 3 is 2.67 bits per heavy atom. The van der Waals surface area contributed by atoms with Crippen molar-refractivity contribution in [2.45, 2.75) is 31.9 Å². The third-order valence-electron chi connectivity index (χ3n) is 3.08. The van der Waals surface area contributed by atoms with Crippen molar-refractivity contribution in [2.75, 3.05) is 13.1 Å². The fourth-order valence-corrected chi connectivity index (χ4v) is 1.70. The van der Waals surface area contributed by atoms with E-state index in [2.05, 4.69) is 10.6 Å². The molecule has 1 unspecified atom stereocenters. The first-order valence-electron chi connectivity index (χ1n) is 6.40. The molecule has 4 heteroatoms. The van der Waals surface area contributed by atoms with Gasteiger partial charge < -0.3 is 15.7 Å². The van der Waals surface area contributed by atoms with E-state index in [9.17, 15) is 9.90 Å². The molecule has 1 aliphatic rings. The molecular formula is C14H20N2O2. The number of aliphatic hydroxyl groups is 1. The highest BCUT2D eigenvalue weighted by Crippen LogP contribution is 2.18. The normalized spacial score (nSPS) is 16.3. The maximum Gasteiger partial charge on any atom is 0.234 e. The minimum atomic E-state index is -0.643. The molecule has 0 heterocycles. The fourth-order valence-electron chi connectivity index (χ4n) is 1.70. The predicted octanol–water partition coefficient (Wildman–Crippen LogP) is 0.897. The van der Waals surface area contributed by atoms with Gasteiger partial charge in [0.25, 0.3) is 0 Å². The summed E-state index contributed by atoms with van der Waals surface area (Å²) in [7, 11) is 0. The van der Waals surface area contributed by atoms with E-state index in [0.29, 0.717) is 12.6 Å². The van der Waals surface area contributed by atoms with Crippen molar-refractivity contribution in [3.63, 3.8) is 0 Å². The number of carbonyl (C=O) groups excluding carboxylic acids is 1. The Kier molecular flexibility index (Phi) is 4.33. The van der Waals surface area contributed by atoms with Crippen LogP contribution in [0.5, 0.6) is 0 Å². The average Bonchev–Trinajstić information content (AvgIpc) is 3.18. The van der Waals surface area contributed by atoms with Crippen LogP contribution < -0.4 is 10.6 Å². The molecule has 0 aromatic heterocycles. The average molecular weight is 248 g/mol. The third-order valence-corrected chi connectivity index (χ3v) is 3.08. The van der Waals surface area contributed by atoms with Crippen molar-refractivity contribution >= 4 is 5.91 Å². The number of amides is 1. The Labute approximate surface area is 107 Å². The highest BCUT2D eigenvalue weighted by atomic mass is 16.3. The largest absolute Gasteiger partial charge is 0.387 e. The highest BCUT2D eigenvalue weighted by molar-refractivity contribution is 5.78. The van der Waals surface area contributed by atoms with Crippen molar-refractivity contribution in [1.82, 2.24) is 10.6 Å². The van der Waals surface area contributed by atoms with Gasteiger partial charge in [0.15, 0.2) is 0 Å². The molecule has 1 saturated carbocycles. The summed E-state index contributed by atoms with van der Waals surface area (Å²) in [4.78, 5) is 11.5. The first-order chi connectivity index (χ1) is 8.65. The maximum atomic E-state index is 11.5. The van der Waals surface area contributed by atoms with Gasteiger partial charge in [-0.3, -0.25) is 4.79 Å². The molecule has 4 nitrogen and oxygen atoms in total. The van der Waals surface area contributed by atoms with E-state index in [0.717, 1.165) is 11.1 Å². The van der Waals surface area contributed by atoms with E-state index in [4.69, 9.17) is 0 Å². The first-order valence-corrected chi connectivity index (χ1v) is 6.40. The van der Waals surface area contributed by atoms with Gasteiger partial charge in [-0.2, -0.15) is 0 Å². The number of carbonyl (C=O) groups is 1. The molecule has 1 fully saturated rings. The van der Waals surface area contributed by atoms with Crippen molar-refractivity contribution in [2.24, 2.45) is 0 Å². The lowest BCUT2D eigenvalue weighted by Crippen LogP contribution is -2.36. The molecule has 18 heavy (non-hydrogen) atoms. The first kappa shape index (κ1) is 13.1. The number of aryl methyl sites for hydroxylation is 1. The molecule has 0 aliphatic heterocycles. The maximum absolute atomic E-state index is 11.5. The molecule has 1 aromatic rings. The van der Waals surface area contributed by atoms with Crippen molar-refractivity contribution in [3.8, 4) is 0 Å². The summed E-state index contributed by atoms with van der Waals surface area (Å²) in [6.45, 7) is 2.60. The zero-order valence-corrected chi connectivity index (χ0v) is 10.6. The topological polar surface area (TPSA) is 61.4 Å². The number of hydrogen-bond acceptors (Lipinski definition) is 3. The summed E-state index contributed by atoms with van der Waals surface area (Å²) in [5.74, 6) is -0.0620. The number of benzene rings is 1. The van der Waals surface area contributed by atoms with Crippen LogP contribution in [0.3, 0.4) is 0 Å². The van der Waals surface area contributed by atoms with Crippen LogP contribution in [0, 0.1) is 6.92 Å². The van der Waals surface area contributed by atoms with E-state index < -0.39 is 6.10 Å². The lowest BCUT2D eigenvalue weighted by atomic mass is 10.1. The summed E-state index contributed by atoms with van der Waals surface area (Å²) < 4.78 is 0. The van der Waals surface area contributed by atoms with Gasteiger partial charge in [0.2, 0.25) is 5.91 Å². The van der Waals surface area contributed by atoms with Gasteiger partial charge in [0.05, 0.1) is 12.6 Å². The Balaban J connectivity index is 1.71. The second-order valence-corrected chi connectivity index (χ2v) is 4.89. The van der Waals surface area contributed by atoms with Gasteiger partial charge >= 0.3 is 0 Å². The molecule has 1 aliphatic carbocycles. The summed E-state index contributed by atoms with van der Waals surface area (Å²) in [6.07, 6.45) is 1.69. The quantitative estimate of drug-likeness (QED) is 0.701. The number of nitrogens with one attached hydrogen (secondary N) is 2. The Bertz CT molecular complexity index is 399. The van der Waals surface area contributed by atoms with E-state index >= 15 is 0 Å². The second-order valence-electron chi connectivity index (χ2n) is 4.89. The SMILES string of the molecule is Cc1ccc(C(O)CNC(=O)CNC2CC2)cc1. The van der Waals surface area contributed by atoms with Gasteiger partial charge in [0.1, 0.15) is 0 Å². The lowest BCUT2D eigenvalue weighted by Gasteiger charge is -2.12. The summed E-state index contributed by atoms with van der Waals surface area (Å²) in [5.41, 5.74) is 1.99. The molecule has 3 N–H and O–H groups in total. The van der Waals surface area contributed by atoms with Gasteiger partial charge in [-0.05, 0) is 25.3 Å². The summed E-state index contributed by atoms with van der Waals surface area (Å²) in [5, 5.41) is 15.8. The molecule has 1 aromatic carbocycles. The van der Waals surface area contributed by atoms with E-state index in [-0.39, 0.29) is 12.5 Å². The van der Waals surface area contributed by atoms with Crippen LogP contribution in [0.4, 0.5) is 0 Å². The third kappa shape index (κ3) is 4.13. The Hall–Kier alpha value is -1.39.